The van der Waals surface area contributed by atoms with Crippen LogP contribution in [0.2, 0.25) is 8.26 Å². The van der Waals surface area contributed by atoms with E-state index in [1.807, 2.05) is 0 Å². The molecule has 1 heterocycles. The molecule has 2 unspecified atom stereocenters. The maximum absolute atomic E-state index is 2.88. The van der Waals surface area contributed by atoms with Gasteiger partial charge in [0.25, 0.3) is 0 Å². The third-order valence-corrected chi connectivity index (χ3v) is 24.0. The predicted octanol–water partition coefficient (Wildman–Crippen LogP) is 6.15. The quantitative estimate of drug-likeness (QED) is 0.225. The molecule has 0 aromatic heterocycles. The molecule has 1 fully saturated rings. The maximum atomic E-state index is 2.67. The van der Waals surface area contributed by atoms with Gasteiger partial charge in [0, 0.05) is 0 Å². The fourth-order valence-electron chi connectivity index (χ4n) is 8.65. The number of allylic oxidation sites excluding steroid dienone is 2. The summed E-state index contributed by atoms with van der Waals surface area (Å²) in [6, 6.07) is 27.2. The molecule has 1 aliphatic heterocycles. The van der Waals surface area contributed by atoms with Crippen molar-refractivity contribution in [3.05, 3.63) is 128 Å². The van der Waals surface area contributed by atoms with E-state index in [2.05, 4.69) is 140 Å². The molecule has 0 amide bonds. The summed E-state index contributed by atoms with van der Waals surface area (Å²) in [7, 11) is 0. The first-order valence-electron chi connectivity index (χ1n) is 16.5. The molecule has 2 aliphatic carbocycles. The summed E-state index contributed by atoms with van der Waals surface area (Å²) >= 11 is -2.88. The summed E-state index contributed by atoms with van der Waals surface area (Å²) in [6.45, 7) is 19.4. The second kappa shape index (κ2) is 12.8. The Morgan fingerprint density at radius 2 is 0.911 bits per heavy atom. The van der Waals surface area contributed by atoms with Gasteiger partial charge in [-0.1, -0.05) is 0 Å². The van der Waals surface area contributed by atoms with E-state index in [0.29, 0.717) is 19.1 Å². The second-order valence-electron chi connectivity index (χ2n) is 14.3. The Morgan fingerprint density at radius 3 is 1.22 bits per heavy atom. The molecule has 1 saturated heterocycles. The zero-order chi connectivity index (χ0) is 30.2. The van der Waals surface area contributed by atoms with Gasteiger partial charge in [0.05, 0.1) is 0 Å². The van der Waals surface area contributed by atoms with Crippen LogP contribution in [-0.2, 0) is 20.3 Å². The number of aryl methyl sites for hydroxylation is 2. The summed E-state index contributed by atoms with van der Waals surface area (Å²) in [5.74, 6) is 1.11. The number of hydrogen-bond donors (Lipinski definition) is 0. The maximum Gasteiger partial charge on any atom is -1.00 e. The fraction of sp³-hybridized carbons (Fsp3) is 0.333. The van der Waals surface area contributed by atoms with Crippen LogP contribution >= 0.6 is 0 Å². The van der Waals surface area contributed by atoms with Gasteiger partial charge in [0.2, 0.25) is 0 Å². The Hall–Kier alpha value is -2.18. The van der Waals surface area contributed by atoms with Crippen LogP contribution in [0.5, 0.6) is 0 Å². The molecular weight excluding hydrogens is 667 g/mol. The van der Waals surface area contributed by atoms with Crippen molar-refractivity contribution in [2.75, 3.05) is 0 Å². The average Bonchev–Trinajstić information content (AvgIpc) is 3.51. The Morgan fingerprint density at radius 1 is 0.556 bits per heavy atom. The van der Waals surface area contributed by atoms with Crippen molar-refractivity contribution in [2.45, 2.75) is 70.9 Å². The third-order valence-electron chi connectivity index (χ3n) is 11.2. The molecule has 7 rings (SSSR count). The molecule has 0 N–H and O–H groups in total. The van der Waals surface area contributed by atoms with Crippen LogP contribution in [0.3, 0.4) is 0 Å². The molecule has 4 aromatic carbocycles. The van der Waals surface area contributed by atoms with E-state index < -0.39 is 20.3 Å². The van der Waals surface area contributed by atoms with Crippen LogP contribution in [0.1, 0.15) is 79.5 Å². The largest absolute Gasteiger partial charge is 1.00 e. The molecule has 232 valence electrons. The molecule has 2 atom stereocenters. The van der Waals surface area contributed by atoms with Crippen LogP contribution < -0.4 is 24.8 Å². The smallest absolute Gasteiger partial charge is 1.00 e. The minimum absolute atomic E-state index is 0. The summed E-state index contributed by atoms with van der Waals surface area (Å²) in [5, 5.41) is 0. The normalized spacial score (nSPS) is 18.3. The van der Waals surface area contributed by atoms with E-state index in [-0.39, 0.29) is 24.8 Å². The molecule has 3 heteroatoms. The molecule has 0 bridgehead atoms. The van der Waals surface area contributed by atoms with Gasteiger partial charge in [-0.05, 0) is 0 Å². The summed E-state index contributed by atoms with van der Waals surface area (Å²) in [5.41, 5.74) is 21.5. The van der Waals surface area contributed by atoms with Crippen LogP contribution in [0.15, 0.2) is 83.9 Å². The van der Waals surface area contributed by atoms with E-state index in [0.717, 1.165) is 0 Å². The van der Waals surface area contributed by atoms with Crippen molar-refractivity contribution in [1.82, 2.24) is 0 Å². The van der Waals surface area contributed by atoms with Gasteiger partial charge in [0.1, 0.15) is 0 Å². The number of benzene rings is 4. The number of hydrogen-bond acceptors (Lipinski definition) is 0. The Bertz CT molecular complexity index is 1680. The van der Waals surface area contributed by atoms with E-state index in [1.165, 1.54) is 52.8 Å². The first kappa shape index (κ1) is 34.2. The SMILES string of the molecule is Cc1cc(-c2ccccc2)c2c(c1C)[CH]([Zr+2]1([CH]3C(C(C)C)=Cc4c(-c5ccccc5)cc(C)c(C)c43)[CH2][CH2]1)C(C(C)C)=C2.[Cl-].[Cl-]. The van der Waals surface area contributed by atoms with Gasteiger partial charge in [0.15, 0.2) is 0 Å². The topological polar surface area (TPSA) is 0 Å². The van der Waals surface area contributed by atoms with Gasteiger partial charge >= 0.3 is 266 Å². The number of fused-ring (bicyclic) bond motifs is 2. The van der Waals surface area contributed by atoms with Crippen LogP contribution in [0, 0.1) is 39.5 Å². The van der Waals surface area contributed by atoms with Crippen molar-refractivity contribution in [3.8, 4) is 22.3 Å². The van der Waals surface area contributed by atoms with Crippen LogP contribution in [-0.4, -0.2) is 0 Å². The van der Waals surface area contributed by atoms with E-state index in [9.17, 15) is 0 Å². The first-order valence-corrected chi connectivity index (χ1v) is 22.8. The van der Waals surface area contributed by atoms with Gasteiger partial charge in [-0.3, -0.25) is 0 Å². The number of rotatable bonds is 6. The molecule has 3 aliphatic rings. The number of halogens is 2. The van der Waals surface area contributed by atoms with Crippen molar-refractivity contribution in [3.63, 3.8) is 0 Å². The van der Waals surface area contributed by atoms with Crippen molar-refractivity contribution >= 4 is 12.2 Å². The van der Waals surface area contributed by atoms with Crippen molar-refractivity contribution in [1.29, 1.82) is 0 Å². The second-order valence-corrected chi connectivity index (χ2v) is 25.7. The molecule has 45 heavy (non-hydrogen) atoms. The van der Waals surface area contributed by atoms with Gasteiger partial charge in [-0.25, -0.2) is 0 Å². The standard InChI is InChI=1S/2C20H21.C2H4.2ClH.Zr/c2*1-13(2)17-11-18-15(4)14(3)10-19(20(18)12-17)16-8-6-5-7-9-16;1-2;;;/h2*5-13H,1-4H3;1-2H2;2*1H;/q;;;;;+2/p-2. The Balaban J connectivity index is 0.00000200. The zero-order valence-corrected chi connectivity index (χ0v) is 32.0. The zero-order valence-electron chi connectivity index (χ0n) is 28.1. The Kier molecular flexibility index (Phi) is 9.71. The average molecular weight is 713 g/mol. The van der Waals surface area contributed by atoms with Crippen molar-refractivity contribution in [2.24, 2.45) is 11.8 Å². The minimum Gasteiger partial charge on any atom is -1.00 e. The van der Waals surface area contributed by atoms with E-state index in [1.54, 1.807) is 33.4 Å². The monoisotopic (exact) mass is 710 g/mol. The molecule has 0 radical (unpaired) electrons. The molecule has 0 saturated carbocycles. The van der Waals surface area contributed by atoms with Crippen LogP contribution in [0.25, 0.3) is 34.4 Å². The Labute approximate surface area is 288 Å². The predicted molar refractivity (Wildman–Crippen MR) is 183 cm³/mol. The van der Waals surface area contributed by atoms with Crippen LogP contribution in [0.4, 0.5) is 0 Å². The molecule has 0 spiro atoms. The van der Waals surface area contributed by atoms with Gasteiger partial charge in [-0.2, -0.15) is 0 Å². The molecule has 0 nitrogen and oxygen atoms in total. The summed E-state index contributed by atoms with van der Waals surface area (Å²) in [6.07, 6.45) is 5.34. The fourth-order valence-corrected chi connectivity index (χ4v) is 27.2. The minimum atomic E-state index is -2.88. The van der Waals surface area contributed by atoms with Gasteiger partial charge in [-0.15, -0.1) is 0 Å². The molecular formula is C42H46Cl2Zr. The third kappa shape index (κ3) is 5.40. The summed E-state index contributed by atoms with van der Waals surface area (Å²) in [4.78, 5) is 0. The molecule has 4 aromatic rings. The van der Waals surface area contributed by atoms with Gasteiger partial charge < -0.3 is 24.8 Å². The van der Waals surface area contributed by atoms with E-state index in [4.69, 9.17) is 0 Å². The van der Waals surface area contributed by atoms with E-state index >= 15 is 0 Å². The first-order chi connectivity index (χ1) is 20.6. The van der Waals surface area contributed by atoms with Crippen molar-refractivity contribution < 1.29 is 45.1 Å². The summed E-state index contributed by atoms with van der Waals surface area (Å²) < 4.78 is 4.31.